The highest BCUT2D eigenvalue weighted by Gasteiger charge is 2.75. The lowest BCUT2D eigenvalue weighted by Gasteiger charge is -2.46. The lowest BCUT2D eigenvalue weighted by molar-refractivity contribution is -0.179. The third-order valence-corrected chi connectivity index (χ3v) is 11.0. The number of carbonyl (C=O) groups excluding carboxylic acids is 3. The number of amides is 3. The molecule has 3 aliphatic rings. The fourth-order valence-corrected chi connectivity index (χ4v) is 8.83. The molecule has 0 saturated carbocycles. The molecule has 0 radical (unpaired) electrons. The van der Waals surface area contributed by atoms with E-state index in [9.17, 15) is 24.6 Å². The van der Waals surface area contributed by atoms with Crippen LogP contribution in [0.15, 0.2) is 140 Å². The van der Waals surface area contributed by atoms with E-state index in [0.717, 1.165) is 16.0 Å². The zero-order chi connectivity index (χ0) is 38.3. The molecule has 5 aromatic carbocycles. The lowest BCUT2D eigenvalue weighted by Crippen LogP contribution is -2.54. The first-order valence-corrected chi connectivity index (χ1v) is 18.2. The number of para-hydroxylation sites is 1. The molecule has 278 valence electrons. The van der Waals surface area contributed by atoms with E-state index >= 15 is 4.79 Å². The van der Waals surface area contributed by atoms with Gasteiger partial charge in [0.25, 0.3) is 0 Å². The molecule has 11 nitrogen and oxygen atoms in total. The smallest absolute Gasteiger partial charge is 0.329 e. The van der Waals surface area contributed by atoms with Crippen molar-refractivity contribution in [2.24, 2.45) is 5.92 Å². The molecule has 3 amide bonds. The van der Waals surface area contributed by atoms with Crippen molar-refractivity contribution in [3.05, 3.63) is 167 Å². The summed E-state index contributed by atoms with van der Waals surface area (Å²) >= 11 is 0. The predicted octanol–water partition coefficient (Wildman–Crippen LogP) is 6.28. The number of carboxylic acid groups (broad SMARTS) is 1. The maximum atomic E-state index is 15.7. The molecule has 2 saturated heterocycles. The highest BCUT2D eigenvalue weighted by Crippen LogP contribution is 2.65. The van der Waals surface area contributed by atoms with E-state index in [2.05, 4.69) is 5.32 Å². The molecule has 0 bridgehead atoms. The Morgan fingerprint density at radius 3 is 2.02 bits per heavy atom. The monoisotopic (exact) mass is 737 g/mol. The van der Waals surface area contributed by atoms with Gasteiger partial charge < -0.3 is 25.0 Å². The Labute approximate surface area is 317 Å². The van der Waals surface area contributed by atoms with Gasteiger partial charge in [-0.05, 0) is 52.9 Å². The summed E-state index contributed by atoms with van der Waals surface area (Å²) < 4.78 is 12.0. The first-order chi connectivity index (χ1) is 26.8. The molecular formula is C44H39N3O8. The zero-order valence-corrected chi connectivity index (χ0v) is 29.9. The van der Waals surface area contributed by atoms with E-state index in [1.54, 1.807) is 55.5 Å². The summed E-state index contributed by atoms with van der Waals surface area (Å²) in [4.78, 5) is 61.5. The maximum Gasteiger partial charge on any atom is 0.329 e. The normalized spacial score (nSPS) is 24.8. The number of carbonyl (C=O) groups is 4. The van der Waals surface area contributed by atoms with Gasteiger partial charge in [-0.3, -0.25) is 19.3 Å². The van der Waals surface area contributed by atoms with Crippen molar-refractivity contribution in [1.82, 2.24) is 10.2 Å². The highest BCUT2D eigenvalue weighted by molar-refractivity contribution is 6.24. The lowest BCUT2D eigenvalue weighted by atomic mass is 9.65. The second kappa shape index (κ2) is 14.5. The largest absolute Gasteiger partial charge is 0.491 e. The Hall–Kier alpha value is -6.30. The van der Waals surface area contributed by atoms with Gasteiger partial charge in [0.05, 0.1) is 30.4 Å². The predicted molar refractivity (Wildman–Crippen MR) is 202 cm³/mol. The standard InChI is InChI=1S/C44H39N3O8/c1-27(28-13-5-2-6-14-28)45-43(53)46-34-20-12-11-19-33(34)44(42(46)52)35(40(49)50)37-41(51)55-38(30-17-9-4-10-18-30)36(29-15-7-3-8-16-29)47(37)39(44)31-21-23-32(24-22-31)54-26-25-48/h2-24,27,35-39,48H,25-26H2,1H3,(H,45,53)(H,49,50)/t27-,35+,36+,37+,38-,39-,44+/m1/s1. The van der Waals surface area contributed by atoms with Gasteiger partial charge in [-0.1, -0.05) is 121 Å². The summed E-state index contributed by atoms with van der Waals surface area (Å²) in [6.45, 7) is 1.66. The van der Waals surface area contributed by atoms with Gasteiger partial charge in [-0.15, -0.1) is 0 Å². The Kier molecular flexibility index (Phi) is 9.42. The Morgan fingerprint density at radius 2 is 1.38 bits per heavy atom. The Balaban J connectivity index is 1.37. The van der Waals surface area contributed by atoms with Crippen LogP contribution in [0.2, 0.25) is 0 Å². The van der Waals surface area contributed by atoms with Crippen LogP contribution in [-0.2, 0) is 24.5 Å². The average Bonchev–Trinajstić information content (AvgIpc) is 3.68. The Bertz CT molecular complexity index is 2220. The molecule has 2 fully saturated rings. The first kappa shape index (κ1) is 35.7. The molecule has 0 aliphatic carbocycles. The van der Waals surface area contributed by atoms with Crippen LogP contribution < -0.4 is 15.0 Å². The number of nitrogens with one attached hydrogen (secondary N) is 1. The molecule has 1 spiro atoms. The van der Waals surface area contributed by atoms with Gasteiger partial charge in [0, 0.05) is 0 Å². The molecule has 55 heavy (non-hydrogen) atoms. The van der Waals surface area contributed by atoms with E-state index in [1.165, 1.54) is 0 Å². The van der Waals surface area contributed by atoms with Crippen LogP contribution in [0.1, 0.15) is 59.0 Å². The van der Waals surface area contributed by atoms with Crippen LogP contribution in [0.3, 0.4) is 0 Å². The molecule has 3 aliphatic heterocycles. The summed E-state index contributed by atoms with van der Waals surface area (Å²) in [6.07, 6.45) is -0.885. The maximum absolute atomic E-state index is 15.7. The molecule has 3 N–H and O–H groups in total. The number of ether oxygens (including phenoxy) is 2. The molecule has 11 heteroatoms. The number of rotatable bonds is 9. The highest BCUT2D eigenvalue weighted by atomic mass is 16.6. The van der Waals surface area contributed by atoms with Crippen LogP contribution >= 0.6 is 0 Å². The summed E-state index contributed by atoms with van der Waals surface area (Å²) in [5, 5.41) is 23.7. The number of aliphatic carboxylic acids is 1. The third-order valence-electron chi connectivity index (χ3n) is 11.0. The molecule has 5 aromatic rings. The van der Waals surface area contributed by atoms with Crippen molar-refractivity contribution in [2.45, 2.75) is 42.6 Å². The van der Waals surface area contributed by atoms with E-state index < -0.39 is 65.5 Å². The number of hydrogen-bond acceptors (Lipinski definition) is 8. The van der Waals surface area contributed by atoms with E-state index in [1.807, 2.05) is 95.9 Å². The molecule has 7 atom stereocenters. The SMILES string of the molecule is C[C@@H](NC(=O)N1C(=O)[C@@]2(c3ccccc31)[C@H](C(=O)O)[C@H]1C(=O)O[C@H](c3ccccc3)[C@H](c3ccccc3)N1[C@@H]2c1ccc(OCCO)cc1)c1ccccc1. The van der Waals surface area contributed by atoms with Crippen molar-refractivity contribution >= 4 is 29.6 Å². The molecule has 3 heterocycles. The average molecular weight is 738 g/mol. The number of urea groups is 1. The van der Waals surface area contributed by atoms with Gasteiger partial charge in [0.1, 0.15) is 35.8 Å². The van der Waals surface area contributed by atoms with Crippen molar-refractivity contribution in [3.63, 3.8) is 0 Å². The summed E-state index contributed by atoms with van der Waals surface area (Å²) in [5.74, 6) is -4.18. The number of nitrogens with zero attached hydrogens (tertiary/aromatic N) is 2. The summed E-state index contributed by atoms with van der Waals surface area (Å²) in [5.41, 5.74) is 1.32. The van der Waals surface area contributed by atoms with Crippen molar-refractivity contribution in [3.8, 4) is 5.75 Å². The van der Waals surface area contributed by atoms with Crippen LogP contribution in [0.5, 0.6) is 5.75 Å². The molecule has 0 aromatic heterocycles. The van der Waals surface area contributed by atoms with Gasteiger partial charge in [0.15, 0.2) is 0 Å². The van der Waals surface area contributed by atoms with Crippen LogP contribution in [0.25, 0.3) is 0 Å². The van der Waals surface area contributed by atoms with Crippen LogP contribution in [0.4, 0.5) is 10.5 Å². The molecule has 0 unspecified atom stereocenters. The second-order valence-electron chi connectivity index (χ2n) is 14.0. The minimum Gasteiger partial charge on any atom is -0.491 e. The number of carboxylic acids is 1. The topological polar surface area (TPSA) is 146 Å². The first-order valence-electron chi connectivity index (χ1n) is 18.2. The second-order valence-corrected chi connectivity index (χ2v) is 14.0. The van der Waals surface area contributed by atoms with Gasteiger partial charge >= 0.3 is 18.0 Å². The number of cyclic esters (lactones) is 1. The number of anilines is 1. The minimum atomic E-state index is -1.99. The van der Waals surface area contributed by atoms with Gasteiger partial charge in [-0.2, -0.15) is 0 Å². The number of hydrogen-bond donors (Lipinski definition) is 3. The number of benzene rings is 5. The van der Waals surface area contributed by atoms with Gasteiger partial charge in [-0.25, -0.2) is 9.69 Å². The van der Waals surface area contributed by atoms with Crippen molar-refractivity contribution < 1.29 is 38.9 Å². The number of esters is 1. The fraction of sp³-hybridized carbons (Fsp3) is 0.227. The summed E-state index contributed by atoms with van der Waals surface area (Å²) in [7, 11) is 0. The van der Waals surface area contributed by atoms with Crippen molar-refractivity contribution in [2.75, 3.05) is 18.1 Å². The van der Waals surface area contributed by atoms with E-state index in [-0.39, 0.29) is 18.9 Å². The fourth-order valence-electron chi connectivity index (χ4n) is 8.83. The zero-order valence-electron chi connectivity index (χ0n) is 29.9. The number of imide groups is 1. The van der Waals surface area contributed by atoms with E-state index in [0.29, 0.717) is 22.4 Å². The molecule has 8 rings (SSSR count). The third kappa shape index (κ3) is 5.83. The van der Waals surface area contributed by atoms with Crippen LogP contribution in [0, 0.1) is 5.92 Å². The summed E-state index contributed by atoms with van der Waals surface area (Å²) in [6, 6.07) is 37.0. The van der Waals surface area contributed by atoms with Crippen LogP contribution in [-0.4, -0.2) is 58.2 Å². The Morgan fingerprint density at radius 1 is 0.782 bits per heavy atom. The number of aliphatic hydroxyl groups is 1. The van der Waals surface area contributed by atoms with Gasteiger partial charge in [0.2, 0.25) is 5.91 Å². The molecular weight excluding hydrogens is 698 g/mol. The number of fused-ring (bicyclic) bond motifs is 3. The minimum absolute atomic E-state index is 0.0556. The van der Waals surface area contributed by atoms with E-state index in [4.69, 9.17) is 9.47 Å². The van der Waals surface area contributed by atoms with Crippen molar-refractivity contribution in [1.29, 1.82) is 0 Å². The number of aliphatic hydroxyl groups excluding tert-OH is 1. The number of morpholine rings is 1. The quantitative estimate of drug-likeness (QED) is 0.149.